The minimum absolute atomic E-state index is 0.0705. The van der Waals surface area contributed by atoms with Crippen molar-refractivity contribution >= 4 is 68.9 Å². The van der Waals surface area contributed by atoms with E-state index in [4.69, 9.17) is 32.7 Å². The fourth-order valence-electron chi connectivity index (χ4n) is 5.77. The van der Waals surface area contributed by atoms with Crippen molar-refractivity contribution in [2.45, 2.75) is 36.3 Å². The Balaban J connectivity index is 1.18. The van der Waals surface area contributed by atoms with E-state index >= 15 is 0 Å². The molecule has 1 fully saturated rings. The third-order valence-electron chi connectivity index (χ3n) is 8.64. The van der Waals surface area contributed by atoms with E-state index in [9.17, 15) is 14.7 Å². The van der Waals surface area contributed by atoms with Gasteiger partial charge in [-0.05, 0) is 83.3 Å². The minimum atomic E-state index is -0.994. The van der Waals surface area contributed by atoms with Gasteiger partial charge in [0.25, 0.3) is 5.78 Å². The van der Waals surface area contributed by atoms with Gasteiger partial charge in [0.05, 0.1) is 11.6 Å². The number of aliphatic hydroxyl groups is 1. The third-order valence-corrected chi connectivity index (χ3v) is 11.3. The molecule has 12 heteroatoms. The van der Waals surface area contributed by atoms with E-state index < -0.39 is 17.7 Å². The summed E-state index contributed by atoms with van der Waals surface area (Å²) in [6.45, 7) is 2.77. The number of hydrogen-bond donors (Lipinski definition) is 1. The predicted octanol–water partition coefficient (Wildman–Crippen LogP) is 10.2. The first-order valence-corrected chi connectivity index (χ1v) is 19.1. The number of thioether (sulfide) groups is 1. The van der Waals surface area contributed by atoms with Crippen LogP contribution in [0.2, 0.25) is 10.0 Å². The number of aromatic nitrogens is 2. The van der Waals surface area contributed by atoms with Crippen molar-refractivity contribution in [3.8, 4) is 11.5 Å². The van der Waals surface area contributed by atoms with Crippen LogP contribution in [-0.2, 0) is 28.6 Å². The molecule has 6 aromatic rings. The van der Waals surface area contributed by atoms with Gasteiger partial charge in [-0.25, -0.2) is 0 Å². The van der Waals surface area contributed by atoms with Gasteiger partial charge >= 0.3 is 5.91 Å². The Hall–Kier alpha value is -5.13. The average Bonchev–Trinajstić information content (AvgIpc) is 3.75. The lowest BCUT2D eigenvalue weighted by Crippen LogP contribution is -2.29. The molecular weight excluding hydrogens is 750 g/mol. The maximum Gasteiger partial charge on any atom is 0.301 e. The zero-order chi connectivity index (χ0) is 36.9. The molecule has 1 aliphatic heterocycles. The summed E-state index contributed by atoms with van der Waals surface area (Å²) in [5.74, 6) is -0.302. The van der Waals surface area contributed by atoms with Crippen molar-refractivity contribution in [1.29, 1.82) is 0 Å². The highest BCUT2D eigenvalue weighted by Crippen LogP contribution is 2.44. The van der Waals surface area contributed by atoms with Crippen LogP contribution in [-0.4, -0.2) is 27.0 Å². The van der Waals surface area contributed by atoms with Crippen LogP contribution in [0.4, 0.5) is 5.13 Å². The summed E-state index contributed by atoms with van der Waals surface area (Å²) >= 11 is 15.0. The van der Waals surface area contributed by atoms with E-state index in [-0.39, 0.29) is 16.5 Å². The number of amides is 1. The van der Waals surface area contributed by atoms with E-state index in [0.29, 0.717) is 56.0 Å². The Kier molecular flexibility index (Phi) is 11.1. The number of rotatable bonds is 12. The van der Waals surface area contributed by atoms with E-state index in [1.807, 2.05) is 67.6 Å². The fourth-order valence-corrected chi connectivity index (χ4v) is 8.19. The van der Waals surface area contributed by atoms with E-state index in [1.165, 1.54) is 28.0 Å². The molecule has 0 bridgehead atoms. The quantitative estimate of drug-likeness (QED) is 0.0431. The average molecular weight is 781 g/mol. The first kappa shape index (κ1) is 36.2. The van der Waals surface area contributed by atoms with Crippen molar-refractivity contribution in [2.24, 2.45) is 0 Å². The van der Waals surface area contributed by atoms with Gasteiger partial charge in [-0.1, -0.05) is 119 Å². The van der Waals surface area contributed by atoms with Gasteiger partial charge in [-0.2, -0.15) is 0 Å². The van der Waals surface area contributed by atoms with Crippen LogP contribution in [0.15, 0.2) is 131 Å². The number of ether oxygens (including phenoxy) is 2. The second-order valence-electron chi connectivity index (χ2n) is 12.1. The Morgan fingerprint density at radius 2 is 1.49 bits per heavy atom. The number of nitrogens with zero attached hydrogens (tertiary/aromatic N) is 3. The van der Waals surface area contributed by atoms with Gasteiger partial charge in [-0.3, -0.25) is 14.5 Å². The van der Waals surface area contributed by atoms with Crippen LogP contribution in [0, 0.1) is 6.92 Å². The van der Waals surface area contributed by atoms with Gasteiger partial charge in [0, 0.05) is 21.4 Å². The molecule has 7 rings (SSSR count). The maximum atomic E-state index is 13.8. The van der Waals surface area contributed by atoms with Gasteiger partial charge in [-0.15, -0.1) is 10.2 Å². The third kappa shape index (κ3) is 8.26. The number of aliphatic hydroxyl groups excluding tert-OH is 1. The van der Waals surface area contributed by atoms with Gasteiger partial charge in [0.2, 0.25) is 5.13 Å². The molecule has 1 aliphatic rings. The summed E-state index contributed by atoms with van der Waals surface area (Å²) in [4.78, 5) is 28.9. The number of ketones is 1. The van der Waals surface area contributed by atoms with E-state index in [1.54, 1.807) is 60.7 Å². The number of hydrogen-bond acceptors (Lipinski definition) is 9. The number of carbonyl (C=O) groups excluding carboxylic acids is 2. The molecule has 0 spiro atoms. The minimum Gasteiger partial charge on any atom is -0.507 e. The monoisotopic (exact) mass is 779 g/mol. The van der Waals surface area contributed by atoms with Crippen LogP contribution in [0.1, 0.15) is 39.4 Å². The van der Waals surface area contributed by atoms with Crippen LogP contribution in [0.5, 0.6) is 11.5 Å². The van der Waals surface area contributed by atoms with E-state index in [0.717, 1.165) is 22.3 Å². The smallest absolute Gasteiger partial charge is 0.301 e. The van der Waals surface area contributed by atoms with Crippen molar-refractivity contribution < 1.29 is 24.2 Å². The van der Waals surface area contributed by atoms with E-state index in [2.05, 4.69) is 10.2 Å². The summed E-state index contributed by atoms with van der Waals surface area (Å²) in [5.41, 5.74) is 4.91. The highest BCUT2D eigenvalue weighted by Gasteiger charge is 2.48. The lowest BCUT2D eigenvalue weighted by Gasteiger charge is -2.22. The van der Waals surface area contributed by atoms with Crippen molar-refractivity contribution in [3.63, 3.8) is 0 Å². The molecule has 1 saturated heterocycles. The topological polar surface area (TPSA) is 102 Å². The zero-order valence-electron chi connectivity index (χ0n) is 28.2. The second kappa shape index (κ2) is 16.3. The van der Waals surface area contributed by atoms with Crippen LogP contribution >= 0.6 is 46.3 Å². The van der Waals surface area contributed by atoms with Crippen molar-refractivity contribution in [3.05, 3.63) is 170 Å². The van der Waals surface area contributed by atoms with Gasteiger partial charge in [0.1, 0.15) is 30.5 Å². The molecule has 8 nitrogen and oxygen atoms in total. The molecular formula is C41H31Cl2N3O5S2. The molecule has 0 saturated carbocycles. The van der Waals surface area contributed by atoms with Crippen molar-refractivity contribution in [2.75, 3.05) is 4.90 Å². The molecule has 1 N–H and O–H groups in total. The van der Waals surface area contributed by atoms with Crippen molar-refractivity contribution in [1.82, 2.24) is 10.2 Å². The number of aryl methyl sites for hydroxylation is 1. The molecule has 1 unspecified atom stereocenters. The molecule has 266 valence electrons. The molecule has 2 heterocycles. The lowest BCUT2D eigenvalue weighted by atomic mass is 9.95. The largest absolute Gasteiger partial charge is 0.507 e. The number of anilines is 1. The Bertz CT molecular complexity index is 2300. The van der Waals surface area contributed by atoms with Crippen LogP contribution in [0.25, 0.3) is 5.76 Å². The first-order valence-electron chi connectivity index (χ1n) is 16.5. The summed E-state index contributed by atoms with van der Waals surface area (Å²) in [6.07, 6.45) is 0. The molecule has 0 radical (unpaired) electrons. The van der Waals surface area contributed by atoms with Crippen LogP contribution in [0.3, 0.4) is 0 Å². The SMILES string of the molecule is Cc1ccccc1COc1ccc(C(O)=C2C(=O)C(=O)N(c3nnc(SCc4ccc(Cl)cc4Cl)s3)C2c2ccc(OCc3ccccc3)cc2)cc1. The Morgan fingerprint density at radius 1 is 0.811 bits per heavy atom. The predicted molar refractivity (Wildman–Crippen MR) is 210 cm³/mol. The normalized spacial score (nSPS) is 15.2. The molecule has 1 amide bonds. The number of Topliss-reactive ketones (excluding diaryl/α,β-unsaturated/α-hetero) is 1. The number of halogens is 2. The Morgan fingerprint density at radius 3 is 2.21 bits per heavy atom. The summed E-state index contributed by atoms with van der Waals surface area (Å²) in [5, 5.41) is 21.6. The Labute approximate surface area is 324 Å². The highest BCUT2D eigenvalue weighted by atomic mass is 35.5. The van der Waals surface area contributed by atoms with Crippen LogP contribution < -0.4 is 14.4 Å². The first-order chi connectivity index (χ1) is 25.7. The highest BCUT2D eigenvalue weighted by molar-refractivity contribution is 8.00. The standard InChI is InChI=1S/C41H31Cl2N3O5S2/c1-25-7-5-6-10-29(25)23-51-33-19-14-28(15-20-33)37(47)35-36(27-12-17-32(18-13-27)50-22-26-8-3-2-4-9-26)46(39(49)38(35)48)40-44-45-41(53-40)52-24-30-11-16-31(42)21-34(30)43/h2-21,36,47H,22-24H2,1H3. The summed E-state index contributed by atoms with van der Waals surface area (Å²) in [7, 11) is 0. The number of benzene rings is 5. The molecule has 53 heavy (non-hydrogen) atoms. The fraction of sp³-hybridized carbons (Fsp3) is 0.122. The summed E-state index contributed by atoms with van der Waals surface area (Å²) < 4.78 is 12.6. The van der Waals surface area contributed by atoms with Gasteiger partial charge in [0.15, 0.2) is 4.34 Å². The zero-order valence-corrected chi connectivity index (χ0v) is 31.4. The molecule has 1 atom stereocenters. The molecule has 0 aliphatic carbocycles. The number of carbonyl (C=O) groups is 2. The lowest BCUT2D eigenvalue weighted by molar-refractivity contribution is -0.132. The van der Waals surface area contributed by atoms with Gasteiger partial charge < -0.3 is 14.6 Å². The second-order valence-corrected chi connectivity index (χ2v) is 15.1. The maximum absolute atomic E-state index is 13.8. The summed E-state index contributed by atoms with van der Waals surface area (Å²) in [6, 6.07) is 35.9. The molecule has 5 aromatic carbocycles. The molecule has 1 aromatic heterocycles.